The minimum Gasteiger partial charge on any atom is -0.478 e. The van der Waals surface area contributed by atoms with E-state index in [1.165, 1.54) is 43.4 Å². The van der Waals surface area contributed by atoms with Crippen molar-refractivity contribution in [1.82, 2.24) is 0 Å². The maximum atomic E-state index is 12.3. The van der Waals surface area contributed by atoms with Crippen LogP contribution in [-0.4, -0.2) is 26.5 Å². The minimum atomic E-state index is -3.68. The van der Waals surface area contributed by atoms with Gasteiger partial charge >= 0.3 is 5.97 Å². The molecule has 0 saturated heterocycles. The summed E-state index contributed by atoms with van der Waals surface area (Å²) in [4.78, 5) is 10.8. The Morgan fingerprint density at radius 2 is 1.80 bits per heavy atom. The normalized spacial score (nSPS) is 11.3. The van der Waals surface area contributed by atoms with Crippen LogP contribution in [0.5, 0.6) is 0 Å². The number of carboxylic acids is 1. The van der Waals surface area contributed by atoms with Crippen LogP contribution in [0.25, 0.3) is 0 Å². The van der Waals surface area contributed by atoms with Crippen LogP contribution in [0.15, 0.2) is 40.6 Å². The Balaban J connectivity index is 2.35. The van der Waals surface area contributed by atoms with Crippen LogP contribution in [0, 0.1) is 0 Å². The number of anilines is 1. The van der Waals surface area contributed by atoms with Gasteiger partial charge in [0.1, 0.15) is 4.21 Å². The predicted molar refractivity (Wildman–Crippen MR) is 78.3 cm³/mol. The molecule has 0 aliphatic rings. The van der Waals surface area contributed by atoms with Crippen molar-refractivity contribution in [2.24, 2.45) is 0 Å². The lowest BCUT2D eigenvalue weighted by Gasteiger charge is -2.18. The van der Waals surface area contributed by atoms with Gasteiger partial charge in [-0.05, 0) is 36.4 Å². The van der Waals surface area contributed by atoms with Crippen LogP contribution in [0.4, 0.5) is 5.69 Å². The van der Waals surface area contributed by atoms with Crippen molar-refractivity contribution in [3.8, 4) is 0 Å². The smallest absolute Gasteiger partial charge is 0.335 e. The molecule has 1 heterocycles. The van der Waals surface area contributed by atoms with Crippen LogP contribution >= 0.6 is 22.9 Å². The minimum absolute atomic E-state index is 0.0960. The first-order valence-electron chi connectivity index (χ1n) is 5.40. The van der Waals surface area contributed by atoms with E-state index in [9.17, 15) is 13.2 Å². The van der Waals surface area contributed by atoms with Gasteiger partial charge in [-0.3, -0.25) is 4.31 Å². The third-order valence-electron chi connectivity index (χ3n) is 2.64. The van der Waals surface area contributed by atoms with Gasteiger partial charge in [-0.2, -0.15) is 0 Å². The van der Waals surface area contributed by atoms with Crippen LogP contribution in [0.2, 0.25) is 4.34 Å². The lowest BCUT2D eigenvalue weighted by atomic mass is 10.2. The number of halogens is 1. The van der Waals surface area contributed by atoms with E-state index in [2.05, 4.69) is 0 Å². The molecule has 8 heteroatoms. The zero-order valence-corrected chi connectivity index (χ0v) is 12.7. The highest BCUT2D eigenvalue weighted by molar-refractivity contribution is 7.94. The molecule has 0 unspecified atom stereocenters. The standard InChI is InChI=1S/C12H10ClNO4S2/c1-14(9-4-2-8(3-5-9)12(15)16)20(17,18)11-7-6-10(13)19-11/h2-7H,1H3,(H,15,16). The number of hydrogen-bond acceptors (Lipinski definition) is 4. The van der Waals surface area contributed by atoms with Gasteiger partial charge in [0.15, 0.2) is 0 Å². The molecular weight excluding hydrogens is 322 g/mol. The molecule has 0 bridgehead atoms. The van der Waals surface area contributed by atoms with Crippen molar-refractivity contribution < 1.29 is 18.3 Å². The number of rotatable bonds is 4. The fraction of sp³-hybridized carbons (Fsp3) is 0.0833. The number of hydrogen-bond donors (Lipinski definition) is 1. The summed E-state index contributed by atoms with van der Waals surface area (Å²) in [7, 11) is -2.28. The van der Waals surface area contributed by atoms with Gasteiger partial charge in [-0.25, -0.2) is 13.2 Å². The van der Waals surface area contributed by atoms with Crippen LogP contribution in [0.1, 0.15) is 10.4 Å². The summed E-state index contributed by atoms with van der Waals surface area (Å²) in [5.41, 5.74) is 0.471. The van der Waals surface area contributed by atoms with Gasteiger partial charge in [-0.1, -0.05) is 11.6 Å². The number of aromatic carboxylic acids is 1. The highest BCUT2D eigenvalue weighted by atomic mass is 35.5. The Bertz CT molecular complexity index is 737. The number of carbonyl (C=O) groups is 1. The van der Waals surface area contributed by atoms with E-state index in [-0.39, 0.29) is 9.77 Å². The van der Waals surface area contributed by atoms with Crippen molar-refractivity contribution in [2.75, 3.05) is 11.4 Å². The Morgan fingerprint density at radius 1 is 1.20 bits per heavy atom. The fourth-order valence-electron chi connectivity index (χ4n) is 1.52. The van der Waals surface area contributed by atoms with Gasteiger partial charge in [-0.15, -0.1) is 11.3 Å². The molecule has 1 aromatic heterocycles. The Labute approximate surface area is 125 Å². The zero-order chi connectivity index (χ0) is 14.9. The van der Waals surface area contributed by atoms with Crippen LogP contribution < -0.4 is 4.31 Å². The summed E-state index contributed by atoms with van der Waals surface area (Å²) in [5, 5.41) is 8.81. The molecule has 2 rings (SSSR count). The molecule has 2 aromatic rings. The van der Waals surface area contributed by atoms with Crippen molar-refractivity contribution in [1.29, 1.82) is 0 Å². The molecule has 0 fully saturated rings. The molecule has 1 aromatic carbocycles. The SMILES string of the molecule is CN(c1ccc(C(=O)O)cc1)S(=O)(=O)c1ccc(Cl)s1. The van der Waals surface area contributed by atoms with Gasteiger partial charge in [0.25, 0.3) is 10.0 Å². The molecule has 5 nitrogen and oxygen atoms in total. The van der Waals surface area contributed by atoms with Gasteiger partial charge in [0.05, 0.1) is 15.6 Å². The summed E-state index contributed by atoms with van der Waals surface area (Å²) in [5.74, 6) is -1.06. The highest BCUT2D eigenvalue weighted by Crippen LogP contribution is 2.30. The van der Waals surface area contributed by atoms with Gasteiger partial charge in [0, 0.05) is 7.05 Å². The first-order chi connectivity index (χ1) is 9.32. The van der Waals surface area contributed by atoms with E-state index in [4.69, 9.17) is 16.7 Å². The third-order valence-corrected chi connectivity index (χ3v) is 6.13. The number of sulfonamides is 1. The van der Waals surface area contributed by atoms with E-state index in [0.717, 1.165) is 15.6 Å². The van der Waals surface area contributed by atoms with E-state index in [1.54, 1.807) is 0 Å². The molecule has 0 saturated carbocycles. The summed E-state index contributed by atoms with van der Waals surface area (Å²) < 4.78 is 26.3. The predicted octanol–water partition coefficient (Wildman–Crippen LogP) is 2.92. The molecule has 106 valence electrons. The first-order valence-corrected chi connectivity index (χ1v) is 8.03. The van der Waals surface area contributed by atoms with E-state index >= 15 is 0 Å². The van der Waals surface area contributed by atoms with Crippen molar-refractivity contribution >= 4 is 44.6 Å². The molecule has 0 aliphatic heterocycles. The summed E-state index contributed by atoms with van der Waals surface area (Å²) in [6.45, 7) is 0. The topological polar surface area (TPSA) is 74.7 Å². The largest absolute Gasteiger partial charge is 0.478 e. The lowest BCUT2D eigenvalue weighted by molar-refractivity contribution is 0.0697. The second kappa shape index (κ2) is 5.43. The molecule has 20 heavy (non-hydrogen) atoms. The third kappa shape index (κ3) is 2.79. The summed E-state index contributed by atoms with van der Waals surface area (Å²) >= 11 is 6.71. The average molecular weight is 332 g/mol. The number of benzene rings is 1. The Hall–Kier alpha value is -1.57. The van der Waals surface area contributed by atoms with Crippen LogP contribution in [0.3, 0.4) is 0 Å². The Kier molecular flexibility index (Phi) is 4.03. The number of carboxylic acid groups (broad SMARTS) is 1. The fourth-order valence-corrected chi connectivity index (χ4v) is 4.37. The van der Waals surface area contributed by atoms with E-state index < -0.39 is 16.0 Å². The summed E-state index contributed by atoms with van der Waals surface area (Å²) in [6.07, 6.45) is 0. The maximum absolute atomic E-state index is 12.3. The average Bonchev–Trinajstić information content (AvgIpc) is 2.85. The zero-order valence-electron chi connectivity index (χ0n) is 10.3. The molecule has 0 aliphatic carbocycles. The number of nitrogens with zero attached hydrogens (tertiary/aromatic N) is 1. The molecule has 0 radical (unpaired) electrons. The first kappa shape index (κ1) is 14.8. The van der Waals surface area contributed by atoms with Crippen molar-refractivity contribution in [3.05, 3.63) is 46.3 Å². The quantitative estimate of drug-likeness (QED) is 0.934. The van der Waals surface area contributed by atoms with E-state index in [0.29, 0.717) is 10.0 Å². The van der Waals surface area contributed by atoms with Crippen molar-refractivity contribution in [2.45, 2.75) is 4.21 Å². The molecule has 1 N–H and O–H groups in total. The molecule has 0 atom stereocenters. The lowest BCUT2D eigenvalue weighted by Crippen LogP contribution is -2.25. The second-order valence-corrected chi connectivity index (χ2v) is 7.79. The summed E-state index contributed by atoms with van der Waals surface area (Å²) in [6, 6.07) is 8.54. The highest BCUT2D eigenvalue weighted by Gasteiger charge is 2.23. The second-order valence-electron chi connectivity index (χ2n) is 3.88. The number of thiophene rings is 1. The molecule has 0 spiro atoms. The van der Waals surface area contributed by atoms with Crippen molar-refractivity contribution in [3.63, 3.8) is 0 Å². The van der Waals surface area contributed by atoms with Gasteiger partial charge < -0.3 is 5.11 Å². The Morgan fingerprint density at radius 3 is 2.25 bits per heavy atom. The van der Waals surface area contributed by atoms with Crippen LogP contribution in [-0.2, 0) is 10.0 Å². The monoisotopic (exact) mass is 331 g/mol. The molecular formula is C12H10ClNO4S2. The molecule has 0 amide bonds. The maximum Gasteiger partial charge on any atom is 0.335 e. The van der Waals surface area contributed by atoms with E-state index in [1.807, 2.05) is 0 Å². The van der Waals surface area contributed by atoms with Gasteiger partial charge in [0.2, 0.25) is 0 Å².